The van der Waals surface area contributed by atoms with E-state index in [0.29, 0.717) is 5.92 Å². The fourth-order valence-electron chi connectivity index (χ4n) is 3.54. The molecule has 0 N–H and O–H groups in total. The van der Waals surface area contributed by atoms with Crippen LogP contribution in [0.2, 0.25) is 0 Å². The third-order valence-electron chi connectivity index (χ3n) is 5.02. The molecule has 0 unspecified atom stereocenters. The van der Waals surface area contributed by atoms with Crippen LogP contribution < -0.4 is 4.90 Å². The summed E-state index contributed by atoms with van der Waals surface area (Å²) in [6.45, 7) is 9.58. The lowest BCUT2D eigenvalue weighted by Gasteiger charge is -2.25. The summed E-state index contributed by atoms with van der Waals surface area (Å²) in [5.41, 5.74) is 3.39. The van der Waals surface area contributed by atoms with Crippen LogP contribution in [0.1, 0.15) is 37.4 Å². The summed E-state index contributed by atoms with van der Waals surface area (Å²) < 4.78 is 1.98. The van der Waals surface area contributed by atoms with Crippen LogP contribution in [0.5, 0.6) is 0 Å². The van der Waals surface area contributed by atoms with Crippen molar-refractivity contribution in [2.45, 2.75) is 32.7 Å². The smallest absolute Gasteiger partial charge is 0.157 e. The minimum atomic E-state index is 0.406. The molecular weight excluding hydrogens is 324 g/mol. The van der Waals surface area contributed by atoms with Gasteiger partial charge >= 0.3 is 0 Å². The number of aromatic nitrogens is 4. The Bertz CT molecular complexity index is 857. The van der Waals surface area contributed by atoms with E-state index in [0.717, 1.165) is 56.3 Å². The molecule has 0 aliphatic carbocycles. The van der Waals surface area contributed by atoms with E-state index >= 15 is 0 Å². The first-order valence-corrected chi connectivity index (χ1v) is 9.41. The second-order valence-electron chi connectivity index (χ2n) is 7.27. The Morgan fingerprint density at radius 3 is 2.65 bits per heavy atom. The number of anilines is 1. The second kappa shape index (κ2) is 7.41. The van der Waals surface area contributed by atoms with Crippen LogP contribution in [-0.4, -0.2) is 50.7 Å². The van der Waals surface area contributed by atoms with Gasteiger partial charge < -0.3 is 4.90 Å². The van der Waals surface area contributed by atoms with E-state index in [1.54, 1.807) is 0 Å². The zero-order valence-electron chi connectivity index (χ0n) is 15.5. The van der Waals surface area contributed by atoms with Crippen LogP contribution in [0, 0.1) is 0 Å². The molecule has 0 spiro atoms. The third-order valence-corrected chi connectivity index (χ3v) is 5.02. The molecular formula is C20H26N6. The SMILES string of the molecule is CC(C)c1cc(N2CCCN(Cc3ccncc3)CC2)n2nccc2n1. The summed E-state index contributed by atoms with van der Waals surface area (Å²) >= 11 is 0. The third kappa shape index (κ3) is 3.55. The van der Waals surface area contributed by atoms with Crippen molar-refractivity contribution in [3.63, 3.8) is 0 Å². The summed E-state index contributed by atoms with van der Waals surface area (Å²) in [6, 6.07) is 8.41. The molecule has 0 bridgehead atoms. The number of hydrogen-bond donors (Lipinski definition) is 0. The van der Waals surface area contributed by atoms with Gasteiger partial charge in [-0.3, -0.25) is 9.88 Å². The van der Waals surface area contributed by atoms with Crippen LogP contribution >= 0.6 is 0 Å². The van der Waals surface area contributed by atoms with E-state index in [9.17, 15) is 0 Å². The highest BCUT2D eigenvalue weighted by molar-refractivity contribution is 5.51. The number of hydrogen-bond acceptors (Lipinski definition) is 5. The van der Waals surface area contributed by atoms with Gasteiger partial charge in [-0.15, -0.1) is 0 Å². The maximum atomic E-state index is 4.74. The fourth-order valence-corrected chi connectivity index (χ4v) is 3.54. The van der Waals surface area contributed by atoms with Crippen molar-refractivity contribution in [3.8, 4) is 0 Å². The predicted octanol–water partition coefficient (Wildman–Crippen LogP) is 2.96. The van der Waals surface area contributed by atoms with Gasteiger partial charge in [0.25, 0.3) is 0 Å². The summed E-state index contributed by atoms with van der Waals surface area (Å²) in [6.07, 6.45) is 6.73. The first-order chi connectivity index (χ1) is 12.7. The molecule has 0 radical (unpaired) electrons. The number of nitrogens with zero attached hydrogens (tertiary/aromatic N) is 6. The molecule has 1 aliphatic rings. The van der Waals surface area contributed by atoms with Crippen LogP contribution in [0.3, 0.4) is 0 Å². The van der Waals surface area contributed by atoms with Crippen LogP contribution in [0.15, 0.2) is 42.9 Å². The number of fused-ring (bicyclic) bond motifs is 1. The van der Waals surface area contributed by atoms with Gasteiger partial charge in [-0.05, 0) is 30.0 Å². The summed E-state index contributed by atoms with van der Waals surface area (Å²) in [4.78, 5) is 13.8. The van der Waals surface area contributed by atoms with Gasteiger partial charge in [-0.25, -0.2) is 4.98 Å². The zero-order valence-corrected chi connectivity index (χ0v) is 15.5. The first kappa shape index (κ1) is 17.0. The van der Waals surface area contributed by atoms with Crippen LogP contribution in [0.25, 0.3) is 5.65 Å². The quantitative estimate of drug-likeness (QED) is 0.724. The van der Waals surface area contributed by atoms with Gasteiger partial charge in [-0.1, -0.05) is 13.8 Å². The highest BCUT2D eigenvalue weighted by Gasteiger charge is 2.19. The van der Waals surface area contributed by atoms with E-state index in [2.05, 4.69) is 51.9 Å². The van der Waals surface area contributed by atoms with Crippen molar-refractivity contribution in [3.05, 3.63) is 54.1 Å². The molecule has 0 atom stereocenters. The van der Waals surface area contributed by atoms with Gasteiger partial charge in [0, 0.05) is 62.9 Å². The minimum Gasteiger partial charge on any atom is -0.355 e. The van der Waals surface area contributed by atoms with Crippen LogP contribution in [0.4, 0.5) is 5.82 Å². The zero-order chi connectivity index (χ0) is 17.9. The van der Waals surface area contributed by atoms with Crippen molar-refractivity contribution in [1.82, 2.24) is 24.5 Å². The topological polar surface area (TPSA) is 49.6 Å². The average Bonchev–Trinajstić information content (AvgIpc) is 3.01. The van der Waals surface area contributed by atoms with E-state index in [4.69, 9.17) is 4.98 Å². The molecule has 1 aliphatic heterocycles. The van der Waals surface area contributed by atoms with Crippen molar-refractivity contribution in [2.24, 2.45) is 0 Å². The monoisotopic (exact) mass is 350 g/mol. The molecule has 3 aromatic heterocycles. The largest absolute Gasteiger partial charge is 0.355 e. The van der Waals surface area contributed by atoms with Gasteiger partial charge in [0.1, 0.15) is 5.82 Å². The van der Waals surface area contributed by atoms with Gasteiger partial charge in [0.2, 0.25) is 0 Å². The predicted molar refractivity (Wildman–Crippen MR) is 103 cm³/mol. The Morgan fingerprint density at radius 1 is 1.00 bits per heavy atom. The van der Waals surface area contributed by atoms with Crippen molar-refractivity contribution in [1.29, 1.82) is 0 Å². The van der Waals surface area contributed by atoms with Gasteiger partial charge in [-0.2, -0.15) is 9.61 Å². The second-order valence-corrected chi connectivity index (χ2v) is 7.27. The van der Waals surface area contributed by atoms with Crippen LogP contribution in [-0.2, 0) is 6.54 Å². The molecule has 4 heterocycles. The lowest BCUT2D eigenvalue weighted by Crippen LogP contribution is -2.31. The molecule has 0 aromatic carbocycles. The van der Waals surface area contributed by atoms with Crippen molar-refractivity contribution >= 4 is 11.5 Å². The van der Waals surface area contributed by atoms with Gasteiger partial charge in [0.15, 0.2) is 5.65 Å². The molecule has 6 heteroatoms. The molecule has 1 fully saturated rings. The average molecular weight is 350 g/mol. The fraction of sp³-hybridized carbons (Fsp3) is 0.450. The standard InChI is InChI=1S/C20H26N6/c1-16(2)18-14-20(26-19(23-18)6-9-22-26)25-11-3-10-24(12-13-25)15-17-4-7-21-8-5-17/h4-9,14,16H,3,10-13,15H2,1-2H3. The molecule has 0 saturated carbocycles. The number of pyridine rings is 1. The van der Waals surface area contributed by atoms with E-state index in [1.165, 1.54) is 5.56 Å². The highest BCUT2D eigenvalue weighted by atomic mass is 15.4. The van der Waals surface area contributed by atoms with E-state index < -0.39 is 0 Å². The lowest BCUT2D eigenvalue weighted by atomic mass is 10.1. The number of rotatable bonds is 4. The van der Waals surface area contributed by atoms with Crippen molar-refractivity contribution in [2.75, 3.05) is 31.1 Å². The lowest BCUT2D eigenvalue weighted by molar-refractivity contribution is 0.285. The summed E-state index contributed by atoms with van der Waals surface area (Å²) in [7, 11) is 0. The first-order valence-electron chi connectivity index (χ1n) is 9.41. The molecule has 3 aromatic rings. The van der Waals surface area contributed by atoms with Crippen molar-refractivity contribution < 1.29 is 0 Å². The Labute approximate surface area is 154 Å². The molecule has 4 rings (SSSR count). The van der Waals surface area contributed by atoms with E-state index in [-0.39, 0.29) is 0 Å². The Morgan fingerprint density at radius 2 is 1.85 bits per heavy atom. The molecule has 136 valence electrons. The maximum absolute atomic E-state index is 4.74. The summed E-state index contributed by atoms with van der Waals surface area (Å²) in [5.74, 6) is 1.57. The van der Waals surface area contributed by atoms with Gasteiger partial charge in [0.05, 0.1) is 6.20 Å². The Kier molecular flexibility index (Phi) is 4.84. The molecule has 6 nitrogen and oxygen atoms in total. The maximum Gasteiger partial charge on any atom is 0.157 e. The Hall–Kier alpha value is -2.47. The molecule has 26 heavy (non-hydrogen) atoms. The molecule has 0 amide bonds. The Balaban J connectivity index is 1.54. The normalized spacial score (nSPS) is 16.3. The highest BCUT2D eigenvalue weighted by Crippen LogP contribution is 2.23. The minimum absolute atomic E-state index is 0.406. The van der Waals surface area contributed by atoms with E-state index in [1.807, 2.05) is 29.2 Å². The summed E-state index contributed by atoms with van der Waals surface area (Å²) in [5, 5.41) is 4.50. The molecule has 1 saturated heterocycles.